The maximum absolute atomic E-state index is 11.4. The number of likely N-dealkylation sites (N-methyl/N-ethyl adjacent to an activating group) is 1. The molecule has 0 bridgehead atoms. The largest absolute Gasteiger partial charge is 0.480 e. The summed E-state index contributed by atoms with van der Waals surface area (Å²) in [4.78, 5) is 13.4. The molecular weight excluding hydrogens is 202 g/mol. The van der Waals surface area contributed by atoms with Gasteiger partial charge in [-0.2, -0.15) is 0 Å². The third-order valence-corrected chi connectivity index (χ3v) is 3.45. The molecular formula is C13H27NO2. The molecule has 2 atom stereocenters. The molecule has 0 radical (unpaired) electrons. The van der Waals surface area contributed by atoms with Gasteiger partial charge in [-0.3, -0.25) is 9.69 Å². The molecule has 0 saturated carbocycles. The predicted octanol–water partition coefficient (Wildman–Crippen LogP) is 3.00. The molecule has 0 rings (SSSR count). The minimum atomic E-state index is -0.733. The van der Waals surface area contributed by atoms with Crippen molar-refractivity contribution in [2.24, 2.45) is 5.92 Å². The van der Waals surface area contributed by atoms with Crippen molar-refractivity contribution in [2.75, 3.05) is 7.05 Å². The molecule has 0 aliphatic carbocycles. The molecule has 96 valence electrons. The van der Waals surface area contributed by atoms with Crippen LogP contribution in [0.5, 0.6) is 0 Å². The molecule has 0 amide bonds. The van der Waals surface area contributed by atoms with Gasteiger partial charge in [0.2, 0.25) is 0 Å². The van der Waals surface area contributed by atoms with Crippen LogP contribution in [0.4, 0.5) is 0 Å². The van der Waals surface area contributed by atoms with Crippen LogP contribution in [0, 0.1) is 5.92 Å². The van der Waals surface area contributed by atoms with E-state index >= 15 is 0 Å². The highest BCUT2D eigenvalue weighted by molar-refractivity contribution is 5.78. The smallest absolute Gasteiger partial charge is 0.323 e. The Labute approximate surface area is 99.8 Å². The highest BCUT2D eigenvalue weighted by Crippen LogP contribution is 2.25. The summed E-state index contributed by atoms with van der Waals surface area (Å²) in [5.74, 6) is -0.121. The molecule has 0 aliphatic rings. The van der Waals surface area contributed by atoms with E-state index in [-0.39, 0.29) is 0 Å². The number of carboxylic acids is 1. The third-order valence-electron chi connectivity index (χ3n) is 3.45. The molecule has 0 aromatic heterocycles. The molecule has 2 unspecified atom stereocenters. The minimum absolute atomic E-state index is 0.299. The maximum Gasteiger partial charge on any atom is 0.323 e. The maximum atomic E-state index is 11.4. The SMILES string of the molecule is CCCC(C)(C(=O)O)N(C)C(C)CC(C)C. The van der Waals surface area contributed by atoms with Gasteiger partial charge in [-0.15, -0.1) is 0 Å². The number of rotatable bonds is 7. The molecule has 0 saturated heterocycles. The van der Waals surface area contributed by atoms with Crippen LogP contribution < -0.4 is 0 Å². The van der Waals surface area contributed by atoms with Crippen molar-refractivity contribution in [1.82, 2.24) is 4.90 Å². The molecule has 3 nitrogen and oxygen atoms in total. The normalized spacial score (nSPS) is 17.5. The predicted molar refractivity (Wildman–Crippen MR) is 67.6 cm³/mol. The van der Waals surface area contributed by atoms with Gasteiger partial charge < -0.3 is 5.11 Å². The highest BCUT2D eigenvalue weighted by atomic mass is 16.4. The summed E-state index contributed by atoms with van der Waals surface area (Å²) in [5, 5.41) is 9.38. The van der Waals surface area contributed by atoms with E-state index in [0.717, 1.165) is 12.8 Å². The molecule has 0 spiro atoms. The van der Waals surface area contributed by atoms with Crippen LogP contribution in [0.2, 0.25) is 0 Å². The molecule has 0 heterocycles. The van der Waals surface area contributed by atoms with Crippen molar-refractivity contribution in [1.29, 1.82) is 0 Å². The van der Waals surface area contributed by atoms with E-state index in [4.69, 9.17) is 0 Å². The van der Waals surface area contributed by atoms with Crippen LogP contribution in [0.25, 0.3) is 0 Å². The second-order valence-corrected chi connectivity index (χ2v) is 5.42. The van der Waals surface area contributed by atoms with Gasteiger partial charge in [-0.1, -0.05) is 27.2 Å². The van der Waals surface area contributed by atoms with Crippen molar-refractivity contribution in [3.63, 3.8) is 0 Å². The van der Waals surface area contributed by atoms with Gasteiger partial charge in [0.25, 0.3) is 0 Å². The summed E-state index contributed by atoms with van der Waals surface area (Å²) in [5.41, 5.74) is -0.733. The lowest BCUT2D eigenvalue weighted by Gasteiger charge is -2.39. The monoisotopic (exact) mass is 229 g/mol. The van der Waals surface area contributed by atoms with E-state index in [1.54, 1.807) is 0 Å². The Kier molecular flexibility index (Phi) is 6.01. The summed E-state index contributed by atoms with van der Waals surface area (Å²) in [6.45, 7) is 10.3. The lowest BCUT2D eigenvalue weighted by atomic mass is 9.91. The Morgan fingerprint density at radius 1 is 1.38 bits per heavy atom. The first-order chi connectivity index (χ1) is 7.25. The first kappa shape index (κ1) is 15.4. The van der Waals surface area contributed by atoms with Crippen LogP contribution in [-0.2, 0) is 4.79 Å². The Balaban J connectivity index is 4.73. The Morgan fingerprint density at radius 3 is 2.19 bits per heavy atom. The van der Waals surface area contributed by atoms with Gasteiger partial charge in [0.1, 0.15) is 5.54 Å². The summed E-state index contributed by atoms with van der Waals surface area (Å²) >= 11 is 0. The summed E-state index contributed by atoms with van der Waals surface area (Å²) in [7, 11) is 1.93. The number of carboxylic acid groups (broad SMARTS) is 1. The second-order valence-electron chi connectivity index (χ2n) is 5.42. The van der Waals surface area contributed by atoms with Gasteiger partial charge in [0.15, 0.2) is 0 Å². The van der Waals surface area contributed by atoms with Crippen molar-refractivity contribution in [2.45, 2.75) is 65.5 Å². The van der Waals surface area contributed by atoms with Gasteiger partial charge >= 0.3 is 5.97 Å². The van der Waals surface area contributed by atoms with Gasteiger partial charge in [0.05, 0.1) is 0 Å². The number of nitrogens with zero attached hydrogens (tertiary/aromatic N) is 1. The van der Waals surface area contributed by atoms with Crippen molar-refractivity contribution >= 4 is 5.97 Å². The Bertz CT molecular complexity index is 228. The van der Waals surface area contributed by atoms with Crippen LogP contribution in [-0.4, -0.2) is 34.6 Å². The topological polar surface area (TPSA) is 40.5 Å². The zero-order valence-corrected chi connectivity index (χ0v) is 11.6. The van der Waals surface area contributed by atoms with Crippen molar-refractivity contribution in [3.8, 4) is 0 Å². The molecule has 1 N–H and O–H groups in total. The zero-order valence-electron chi connectivity index (χ0n) is 11.6. The number of aliphatic carboxylic acids is 1. The van der Waals surface area contributed by atoms with E-state index in [2.05, 4.69) is 20.8 Å². The summed E-state index contributed by atoms with van der Waals surface area (Å²) in [6, 6.07) is 0.299. The number of carbonyl (C=O) groups is 1. The Hall–Kier alpha value is -0.570. The van der Waals surface area contributed by atoms with Crippen LogP contribution in [0.1, 0.15) is 53.9 Å². The quantitative estimate of drug-likeness (QED) is 0.729. The first-order valence-corrected chi connectivity index (χ1v) is 6.22. The van der Waals surface area contributed by atoms with E-state index in [9.17, 15) is 9.90 Å². The van der Waals surface area contributed by atoms with Gasteiger partial charge in [0, 0.05) is 6.04 Å². The average Bonchev–Trinajstić information content (AvgIpc) is 2.15. The molecule has 3 heteroatoms. The lowest BCUT2D eigenvalue weighted by molar-refractivity contribution is -0.151. The van der Waals surface area contributed by atoms with E-state index in [0.29, 0.717) is 18.4 Å². The number of hydrogen-bond donors (Lipinski definition) is 1. The highest BCUT2D eigenvalue weighted by Gasteiger charge is 2.38. The lowest BCUT2D eigenvalue weighted by Crippen LogP contribution is -2.54. The van der Waals surface area contributed by atoms with Gasteiger partial charge in [-0.25, -0.2) is 0 Å². The van der Waals surface area contributed by atoms with E-state index in [1.165, 1.54) is 0 Å². The minimum Gasteiger partial charge on any atom is -0.480 e. The average molecular weight is 229 g/mol. The van der Waals surface area contributed by atoms with Crippen LogP contribution in [0.15, 0.2) is 0 Å². The van der Waals surface area contributed by atoms with E-state index in [1.807, 2.05) is 25.8 Å². The second kappa shape index (κ2) is 6.24. The fourth-order valence-corrected chi connectivity index (χ4v) is 2.25. The van der Waals surface area contributed by atoms with Crippen molar-refractivity contribution < 1.29 is 9.90 Å². The summed E-state index contributed by atoms with van der Waals surface area (Å²) < 4.78 is 0. The van der Waals surface area contributed by atoms with Crippen LogP contribution >= 0.6 is 0 Å². The van der Waals surface area contributed by atoms with Crippen molar-refractivity contribution in [3.05, 3.63) is 0 Å². The summed E-state index contributed by atoms with van der Waals surface area (Å²) in [6.07, 6.45) is 2.62. The molecule has 0 aromatic rings. The number of hydrogen-bond acceptors (Lipinski definition) is 2. The molecule has 16 heavy (non-hydrogen) atoms. The molecule has 0 fully saturated rings. The third kappa shape index (κ3) is 3.78. The first-order valence-electron chi connectivity index (χ1n) is 6.22. The van der Waals surface area contributed by atoms with Gasteiger partial charge in [-0.05, 0) is 39.7 Å². The van der Waals surface area contributed by atoms with E-state index < -0.39 is 11.5 Å². The fraction of sp³-hybridized carbons (Fsp3) is 0.923. The fourth-order valence-electron chi connectivity index (χ4n) is 2.25. The standard InChI is InChI=1S/C13H27NO2/c1-7-8-13(5,12(15)16)14(6)11(4)9-10(2)3/h10-11H,7-9H2,1-6H3,(H,15,16). The Morgan fingerprint density at radius 2 is 1.88 bits per heavy atom. The molecule has 0 aromatic carbocycles. The zero-order chi connectivity index (χ0) is 12.9. The van der Waals surface area contributed by atoms with Crippen LogP contribution in [0.3, 0.4) is 0 Å². The molecule has 0 aliphatic heterocycles.